The first kappa shape index (κ1) is 19.4. The van der Waals surface area contributed by atoms with Gasteiger partial charge < -0.3 is 24.8 Å². The van der Waals surface area contributed by atoms with Crippen LogP contribution in [0.4, 0.5) is 0 Å². The maximum absolute atomic E-state index is 10.7. The summed E-state index contributed by atoms with van der Waals surface area (Å²) in [5.41, 5.74) is 1.45. The molecule has 5 atom stereocenters. The second kappa shape index (κ2) is 8.99. The summed E-state index contributed by atoms with van der Waals surface area (Å²) in [5, 5.41) is 30.7. The van der Waals surface area contributed by atoms with Gasteiger partial charge in [-0.3, -0.25) is 0 Å². The van der Waals surface area contributed by atoms with Crippen molar-refractivity contribution in [3.05, 3.63) is 65.7 Å². The van der Waals surface area contributed by atoms with E-state index in [2.05, 4.69) is 0 Å². The van der Waals surface area contributed by atoms with Gasteiger partial charge in [-0.25, -0.2) is 0 Å². The van der Waals surface area contributed by atoms with E-state index in [1.54, 1.807) is 0 Å². The van der Waals surface area contributed by atoms with Gasteiger partial charge in [0.1, 0.15) is 29.9 Å². The number of thioether (sulfide) groups is 1. The molecule has 6 heteroatoms. The molecule has 1 aliphatic rings. The predicted octanol–water partition coefficient (Wildman–Crippen LogP) is 2.11. The molecule has 140 valence electrons. The smallest absolute Gasteiger partial charge is 0.136 e. The largest absolute Gasteiger partial charge is 0.394 e. The lowest BCUT2D eigenvalue weighted by molar-refractivity contribution is -0.223. The molecule has 0 amide bonds. The molecule has 0 radical (unpaired) electrons. The van der Waals surface area contributed by atoms with Gasteiger partial charge in [0, 0.05) is 4.90 Å². The number of aryl methyl sites for hydroxylation is 1. The maximum Gasteiger partial charge on any atom is 0.136 e. The fraction of sp³-hybridized carbons (Fsp3) is 0.400. The van der Waals surface area contributed by atoms with Crippen LogP contribution in [0, 0.1) is 6.92 Å². The molecule has 1 heterocycles. The molecule has 0 saturated carbocycles. The van der Waals surface area contributed by atoms with E-state index in [4.69, 9.17) is 9.47 Å². The molecular weight excluding hydrogens is 352 g/mol. The van der Waals surface area contributed by atoms with E-state index in [1.165, 1.54) is 11.8 Å². The summed E-state index contributed by atoms with van der Waals surface area (Å²) in [6.07, 6.45) is -3.78. The molecule has 0 spiro atoms. The highest BCUT2D eigenvalue weighted by atomic mass is 32.2. The standard InChI is InChI=1S/C20H24O5S/c1-13-7-9-15(10-8-13)26-20-18(23)19(17(22)16(11-21)25-20)24-12-14-5-3-2-4-6-14/h2-10,16-23H,11-12H2,1H3/t16-,17-,18+,19+,20+/m1/s1. The molecule has 3 rings (SSSR count). The first-order valence-corrected chi connectivity index (χ1v) is 9.48. The van der Waals surface area contributed by atoms with Crippen LogP contribution in [0.2, 0.25) is 0 Å². The monoisotopic (exact) mass is 376 g/mol. The van der Waals surface area contributed by atoms with Crippen molar-refractivity contribution >= 4 is 11.8 Å². The molecule has 2 aromatic carbocycles. The molecule has 0 unspecified atom stereocenters. The van der Waals surface area contributed by atoms with Gasteiger partial charge in [-0.15, -0.1) is 0 Å². The quantitative estimate of drug-likeness (QED) is 0.717. The third kappa shape index (κ3) is 4.65. The Kier molecular flexibility index (Phi) is 6.69. The highest BCUT2D eigenvalue weighted by Gasteiger charge is 2.45. The van der Waals surface area contributed by atoms with Gasteiger partial charge in [-0.05, 0) is 24.6 Å². The van der Waals surface area contributed by atoms with Crippen LogP contribution < -0.4 is 0 Å². The van der Waals surface area contributed by atoms with E-state index >= 15 is 0 Å². The van der Waals surface area contributed by atoms with Crippen LogP contribution in [0.3, 0.4) is 0 Å². The Labute approximate surface area is 157 Å². The van der Waals surface area contributed by atoms with E-state index in [-0.39, 0.29) is 13.2 Å². The number of hydrogen-bond donors (Lipinski definition) is 3. The maximum atomic E-state index is 10.7. The highest BCUT2D eigenvalue weighted by molar-refractivity contribution is 7.99. The minimum Gasteiger partial charge on any atom is -0.394 e. The molecule has 26 heavy (non-hydrogen) atoms. The first-order chi connectivity index (χ1) is 12.6. The van der Waals surface area contributed by atoms with Crippen LogP contribution in [0.15, 0.2) is 59.5 Å². The van der Waals surface area contributed by atoms with Gasteiger partial charge in [0.2, 0.25) is 0 Å². The number of aliphatic hydroxyl groups excluding tert-OH is 3. The molecule has 2 aromatic rings. The number of benzene rings is 2. The lowest BCUT2D eigenvalue weighted by Crippen LogP contribution is -2.58. The van der Waals surface area contributed by atoms with E-state index in [0.29, 0.717) is 0 Å². The van der Waals surface area contributed by atoms with E-state index < -0.39 is 29.9 Å². The third-order valence-corrected chi connectivity index (χ3v) is 5.55. The zero-order valence-electron chi connectivity index (χ0n) is 14.6. The fourth-order valence-corrected chi connectivity index (χ4v) is 3.92. The van der Waals surface area contributed by atoms with Crippen molar-refractivity contribution in [3.8, 4) is 0 Å². The van der Waals surface area contributed by atoms with Gasteiger partial charge >= 0.3 is 0 Å². The summed E-state index contributed by atoms with van der Waals surface area (Å²) in [6, 6.07) is 17.4. The fourth-order valence-electron chi connectivity index (χ4n) is 2.87. The summed E-state index contributed by atoms with van der Waals surface area (Å²) in [5.74, 6) is 0. The minimum absolute atomic E-state index is 0.264. The number of ether oxygens (including phenoxy) is 2. The topological polar surface area (TPSA) is 79.2 Å². The number of aliphatic hydroxyl groups is 3. The average molecular weight is 376 g/mol. The molecule has 1 saturated heterocycles. The summed E-state index contributed by atoms with van der Waals surface area (Å²) in [4.78, 5) is 0.939. The lowest BCUT2D eigenvalue weighted by atomic mass is 10.00. The third-order valence-electron chi connectivity index (χ3n) is 4.38. The van der Waals surface area contributed by atoms with Crippen LogP contribution in [0.1, 0.15) is 11.1 Å². The van der Waals surface area contributed by atoms with Gasteiger partial charge in [-0.2, -0.15) is 0 Å². The van der Waals surface area contributed by atoms with Crippen molar-refractivity contribution in [1.29, 1.82) is 0 Å². The Morgan fingerprint density at radius 1 is 1.00 bits per heavy atom. The Balaban J connectivity index is 1.70. The highest BCUT2D eigenvalue weighted by Crippen LogP contribution is 2.34. The molecule has 1 aliphatic heterocycles. The van der Waals surface area contributed by atoms with Crippen LogP contribution in [-0.2, 0) is 16.1 Å². The summed E-state index contributed by atoms with van der Waals surface area (Å²) >= 11 is 1.35. The van der Waals surface area contributed by atoms with Crippen molar-refractivity contribution in [2.24, 2.45) is 0 Å². The Morgan fingerprint density at radius 3 is 2.35 bits per heavy atom. The first-order valence-electron chi connectivity index (χ1n) is 8.60. The molecule has 5 nitrogen and oxygen atoms in total. The van der Waals surface area contributed by atoms with Crippen molar-refractivity contribution < 1.29 is 24.8 Å². The summed E-state index contributed by atoms with van der Waals surface area (Å²) < 4.78 is 11.5. The van der Waals surface area contributed by atoms with Crippen LogP contribution in [0.25, 0.3) is 0 Å². The van der Waals surface area contributed by atoms with Gasteiger partial charge in [-0.1, -0.05) is 59.8 Å². The van der Waals surface area contributed by atoms with Crippen LogP contribution >= 0.6 is 11.8 Å². The van der Waals surface area contributed by atoms with E-state index in [1.807, 2.05) is 61.5 Å². The Bertz CT molecular complexity index is 678. The molecule has 0 aromatic heterocycles. The SMILES string of the molecule is Cc1ccc(S[C@@H]2O[C@H](CO)[C@@H](O)[C@H](OCc3ccccc3)[C@@H]2O)cc1. The molecule has 0 bridgehead atoms. The molecule has 3 N–H and O–H groups in total. The molecular formula is C20H24O5S. The van der Waals surface area contributed by atoms with Gasteiger partial charge in [0.05, 0.1) is 13.2 Å². The normalized spacial score (nSPS) is 28.8. The molecule has 0 aliphatic carbocycles. The van der Waals surface area contributed by atoms with Gasteiger partial charge in [0.25, 0.3) is 0 Å². The van der Waals surface area contributed by atoms with Crippen molar-refractivity contribution in [1.82, 2.24) is 0 Å². The minimum atomic E-state index is -1.10. The lowest BCUT2D eigenvalue weighted by Gasteiger charge is -2.41. The zero-order valence-corrected chi connectivity index (χ0v) is 15.4. The van der Waals surface area contributed by atoms with E-state index in [0.717, 1.165) is 16.0 Å². The van der Waals surface area contributed by atoms with Crippen molar-refractivity contribution in [3.63, 3.8) is 0 Å². The van der Waals surface area contributed by atoms with Crippen molar-refractivity contribution in [2.75, 3.05) is 6.61 Å². The Morgan fingerprint density at radius 2 is 1.69 bits per heavy atom. The zero-order chi connectivity index (χ0) is 18.5. The van der Waals surface area contributed by atoms with Crippen LogP contribution in [0.5, 0.6) is 0 Å². The predicted molar refractivity (Wildman–Crippen MR) is 99.8 cm³/mol. The average Bonchev–Trinajstić information content (AvgIpc) is 2.66. The van der Waals surface area contributed by atoms with Gasteiger partial charge in [0.15, 0.2) is 0 Å². The van der Waals surface area contributed by atoms with E-state index in [9.17, 15) is 15.3 Å². The molecule has 1 fully saturated rings. The van der Waals surface area contributed by atoms with Crippen LogP contribution in [-0.4, -0.2) is 51.8 Å². The van der Waals surface area contributed by atoms with Crippen molar-refractivity contribution in [2.45, 2.75) is 48.3 Å². The second-order valence-electron chi connectivity index (χ2n) is 6.40. The second-order valence-corrected chi connectivity index (χ2v) is 7.57. The Hall–Kier alpha value is -1.41. The number of rotatable bonds is 6. The summed E-state index contributed by atoms with van der Waals surface area (Å²) in [6.45, 7) is 1.93. The number of hydrogen-bond acceptors (Lipinski definition) is 6. The summed E-state index contributed by atoms with van der Waals surface area (Å²) in [7, 11) is 0.